The summed E-state index contributed by atoms with van der Waals surface area (Å²) in [5.74, 6) is 0.768. The number of hydrogen-bond acceptors (Lipinski definition) is 2. The molecule has 0 aliphatic carbocycles. The normalized spacial score (nSPS) is 24.3. The van der Waals surface area contributed by atoms with E-state index >= 15 is 0 Å². The Bertz CT molecular complexity index is 609. The Kier molecular flexibility index (Phi) is 2.92. The van der Waals surface area contributed by atoms with Crippen LogP contribution >= 0.6 is 0 Å². The van der Waals surface area contributed by atoms with E-state index in [2.05, 4.69) is 29.4 Å². The molecule has 1 aromatic heterocycles. The van der Waals surface area contributed by atoms with Crippen LogP contribution in [0, 0.1) is 5.92 Å². The number of H-pyrrole nitrogens is 1. The van der Waals surface area contributed by atoms with Crippen LogP contribution in [0.25, 0.3) is 10.8 Å². The van der Waals surface area contributed by atoms with Crippen molar-refractivity contribution < 1.29 is 0 Å². The number of hydrogen-bond donors (Lipinski definition) is 2. The fourth-order valence-electron chi connectivity index (χ4n) is 2.71. The van der Waals surface area contributed by atoms with Gasteiger partial charge in [-0.15, -0.1) is 0 Å². The average Bonchev–Trinajstić information content (AvgIpc) is 2.39. The van der Waals surface area contributed by atoms with Gasteiger partial charge in [0.05, 0.1) is 0 Å². The highest BCUT2D eigenvalue weighted by atomic mass is 16.1. The van der Waals surface area contributed by atoms with Gasteiger partial charge in [-0.05, 0) is 54.5 Å². The zero-order valence-corrected chi connectivity index (χ0v) is 10.6. The highest BCUT2D eigenvalue weighted by molar-refractivity contribution is 5.82. The van der Waals surface area contributed by atoms with Crippen molar-refractivity contribution in [2.75, 3.05) is 6.54 Å². The van der Waals surface area contributed by atoms with Crippen LogP contribution in [0.3, 0.4) is 0 Å². The van der Waals surface area contributed by atoms with Crippen LogP contribution in [-0.2, 0) is 0 Å². The van der Waals surface area contributed by atoms with Gasteiger partial charge < -0.3 is 10.3 Å². The van der Waals surface area contributed by atoms with E-state index in [1.165, 1.54) is 18.4 Å². The molecule has 1 aliphatic rings. The van der Waals surface area contributed by atoms with Gasteiger partial charge in [-0.2, -0.15) is 0 Å². The first-order chi connectivity index (χ1) is 8.74. The van der Waals surface area contributed by atoms with Gasteiger partial charge in [-0.25, -0.2) is 0 Å². The van der Waals surface area contributed by atoms with Gasteiger partial charge in [0.15, 0.2) is 0 Å². The molecule has 3 rings (SSSR count). The zero-order valence-electron chi connectivity index (χ0n) is 10.6. The lowest BCUT2D eigenvalue weighted by atomic mass is 9.91. The van der Waals surface area contributed by atoms with Crippen molar-refractivity contribution in [3.63, 3.8) is 0 Å². The second-order valence-electron chi connectivity index (χ2n) is 5.30. The number of piperidine rings is 1. The lowest BCUT2D eigenvalue weighted by Crippen LogP contribution is -2.31. The molecular weight excluding hydrogens is 224 g/mol. The highest BCUT2D eigenvalue weighted by Gasteiger charge is 2.18. The van der Waals surface area contributed by atoms with Gasteiger partial charge >= 0.3 is 0 Å². The second-order valence-corrected chi connectivity index (χ2v) is 5.30. The average molecular weight is 242 g/mol. The Hall–Kier alpha value is -1.61. The van der Waals surface area contributed by atoms with E-state index in [4.69, 9.17) is 0 Å². The summed E-state index contributed by atoms with van der Waals surface area (Å²) in [6, 6.07) is 8.54. The predicted molar refractivity (Wildman–Crippen MR) is 73.7 cm³/mol. The van der Waals surface area contributed by atoms with E-state index in [-0.39, 0.29) is 5.56 Å². The Morgan fingerprint density at radius 1 is 1.22 bits per heavy atom. The molecule has 3 nitrogen and oxygen atoms in total. The molecule has 0 radical (unpaired) electrons. The van der Waals surface area contributed by atoms with E-state index in [9.17, 15) is 4.79 Å². The summed E-state index contributed by atoms with van der Waals surface area (Å²) in [4.78, 5) is 14.3. The van der Waals surface area contributed by atoms with Crippen molar-refractivity contribution in [3.05, 3.63) is 46.4 Å². The second kappa shape index (κ2) is 4.58. The first-order valence-electron chi connectivity index (χ1n) is 6.59. The minimum absolute atomic E-state index is 0.00993. The molecule has 1 saturated heterocycles. The van der Waals surface area contributed by atoms with E-state index < -0.39 is 0 Å². The molecule has 2 atom stereocenters. The molecule has 0 bridgehead atoms. The van der Waals surface area contributed by atoms with Crippen molar-refractivity contribution in [3.8, 4) is 0 Å². The maximum absolute atomic E-state index is 11.6. The van der Waals surface area contributed by atoms with Crippen molar-refractivity contribution in [2.24, 2.45) is 5.92 Å². The lowest BCUT2D eigenvalue weighted by molar-refractivity contribution is 0.333. The summed E-state index contributed by atoms with van der Waals surface area (Å²) in [5.41, 5.74) is 1.28. The molecule has 0 saturated carbocycles. The van der Waals surface area contributed by atoms with Crippen LogP contribution in [0.2, 0.25) is 0 Å². The fraction of sp³-hybridized carbons (Fsp3) is 0.400. The third-order valence-corrected chi connectivity index (χ3v) is 3.86. The third kappa shape index (κ3) is 2.06. The molecule has 0 amide bonds. The van der Waals surface area contributed by atoms with Gasteiger partial charge in [-0.3, -0.25) is 4.79 Å². The quantitative estimate of drug-likeness (QED) is 0.807. The standard InChI is InChI=1S/C15H18N2O/c1-10-2-5-14(17-9-10)12-3-4-13-11(8-12)6-7-16-15(13)18/h3-4,6-8,10,14,17H,2,5,9H2,1H3,(H,16,18)/t10-,14+/m1/s1. The smallest absolute Gasteiger partial charge is 0.255 e. The van der Waals surface area contributed by atoms with Crippen molar-refractivity contribution in [1.82, 2.24) is 10.3 Å². The van der Waals surface area contributed by atoms with Crippen LogP contribution < -0.4 is 10.9 Å². The van der Waals surface area contributed by atoms with Crippen LogP contribution in [0.5, 0.6) is 0 Å². The Labute approximate surface area is 106 Å². The van der Waals surface area contributed by atoms with Crippen molar-refractivity contribution >= 4 is 10.8 Å². The van der Waals surface area contributed by atoms with Gasteiger partial charge in [0.25, 0.3) is 5.56 Å². The molecule has 2 heterocycles. The molecule has 94 valence electrons. The minimum Gasteiger partial charge on any atom is -0.329 e. The van der Waals surface area contributed by atoms with E-state index in [0.717, 1.165) is 23.2 Å². The number of fused-ring (bicyclic) bond motifs is 1. The lowest BCUT2D eigenvalue weighted by Gasteiger charge is -2.28. The number of nitrogens with one attached hydrogen (secondary N) is 2. The summed E-state index contributed by atoms with van der Waals surface area (Å²) in [7, 11) is 0. The summed E-state index contributed by atoms with van der Waals surface area (Å²) in [5, 5.41) is 5.37. The number of benzene rings is 1. The van der Waals surface area contributed by atoms with Gasteiger partial charge in [0.1, 0.15) is 0 Å². The first kappa shape index (κ1) is 11.5. The summed E-state index contributed by atoms with van der Waals surface area (Å²) < 4.78 is 0. The van der Waals surface area contributed by atoms with Gasteiger partial charge in [-0.1, -0.05) is 13.0 Å². The molecule has 1 aliphatic heterocycles. The van der Waals surface area contributed by atoms with E-state index in [0.29, 0.717) is 6.04 Å². The van der Waals surface area contributed by atoms with E-state index in [1.54, 1.807) is 6.20 Å². The molecular formula is C15H18N2O. The minimum atomic E-state index is -0.00993. The Morgan fingerprint density at radius 2 is 2.11 bits per heavy atom. The van der Waals surface area contributed by atoms with Gasteiger partial charge in [0, 0.05) is 17.6 Å². The summed E-state index contributed by atoms with van der Waals surface area (Å²) in [6.07, 6.45) is 4.16. The molecule has 2 aromatic rings. The maximum Gasteiger partial charge on any atom is 0.255 e. The van der Waals surface area contributed by atoms with Crippen LogP contribution in [0.1, 0.15) is 31.4 Å². The number of aromatic amines is 1. The Balaban J connectivity index is 1.96. The summed E-state index contributed by atoms with van der Waals surface area (Å²) >= 11 is 0. The monoisotopic (exact) mass is 242 g/mol. The fourth-order valence-corrected chi connectivity index (χ4v) is 2.71. The van der Waals surface area contributed by atoms with Crippen LogP contribution in [-0.4, -0.2) is 11.5 Å². The third-order valence-electron chi connectivity index (χ3n) is 3.86. The number of rotatable bonds is 1. The number of pyridine rings is 1. The molecule has 1 fully saturated rings. The molecule has 18 heavy (non-hydrogen) atoms. The molecule has 0 spiro atoms. The Morgan fingerprint density at radius 3 is 2.89 bits per heavy atom. The molecule has 1 aromatic carbocycles. The maximum atomic E-state index is 11.6. The summed E-state index contributed by atoms with van der Waals surface area (Å²) in [6.45, 7) is 3.36. The topological polar surface area (TPSA) is 44.9 Å². The molecule has 0 unspecified atom stereocenters. The first-order valence-corrected chi connectivity index (χ1v) is 6.59. The van der Waals surface area contributed by atoms with Gasteiger partial charge in [0.2, 0.25) is 0 Å². The zero-order chi connectivity index (χ0) is 12.5. The van der Waals surface area contributed by atoms with Crippen LogP contribution in [0.15, 0.2) is 35.3 Å². The highest BCUT2D eigenvalue weighted by Crippen LogP contribution is 2.27. The van der Waals surface area contributed by atoms with E-state index in [1.807, 2.05) is 12.1 Å². The largest absolute Gasteiger partial charge is 0.329 e. The van der Waals surface area contributed by atoms with Crippen LogP contribution in [0.4, 0.5) is 0 Å². The number of aromatic nitrogens is 1. The predicted octanol–water partition coefficient (Wildman–Crippen LogP) is 2.59. The molecule has 3 heteroatoms. The SMILES string of the molecule is C[C@@H]1CC[C@@H](c2ccc3c(=O)[nH]ccc3c2)NC1. The molecule has 2 N–H and O–H groups in total. The van der Waals surface area contributed by atoms with Crippen molar-refractivity contribution in [1.29, 1.82) is 0 Å². The van der Waals surface area contributed by atoms with Crippen molar-refractivity contribution in [2.45, 2.75) is 25.8 Å².